The number of hydrogen-bond donors (Lipinski definition) is 0. The molecule has 0 aliphatic carbocycles. The van der Waals surface area contributed by atoms with Gasteiger partial charge in [-0.2, -0.15) is 0 Å². The molecule has 3 aromatic heterocycles. The second-order valence-electron chi connectivity index (χ2n) is 4.02. The van der Waals surface area contributed by atoms with Gasteiger partial charge >= 0.3 is 0 Å². The van der Waals surface area contributed by atoms with Crippen molar-refractivity contribution in [1.82, 2.24) is 24.6 Å². The molecule has 0 saturated heterocycles. The number of nitrogens with zero attached hydrogens (tertiary/aromatic N) is 5. The molecule has 5 nitrogen and oxygen atoms in total. The summed E-state index contributed by atoms with van der Waals surface area (Å²) >= 11 is 5.97. The molecule has 0 spiro atoms. The van der Waals surface area contributed by atoms with Gasteiger partial charge in [-0.15, -0.1) is 10.2 Å². The predicted molar refractivity (Wildman–Crippen MR) is 68.5 cm³/mol. The van der Waals surface area contributed by atoms with Gasteiger partial charge in [0.05, 0.1) is 0 Å². The van der Waals surface area contributed by atoms with Gasteiger partial charge in [0.15, 0.2) is 16.6 Å². The van der Waals surface area contributed by atoms with E-state index in [1.54, 1.807) is 12.4 Å². The van der Waals surface area contributed by atoms with Gasteiger partial charge in [0.1, 0.15) is 0 Å². The highest BCUT2D eigenvalue weighted by Gasteiger charge is 2.13. The lowest BCUT2D eigenvalue weighted by atomic mass is 10.2. The highest BCUT2D eigenvalue weighted by Crippen LogP contribution is 2.23. The second-order valence-corrected chi connectivity index (χ2v) is 4.38. The summed E-state index contributed by atoms with van der Waals surface area (Å²) < 4.78 is 1.81. The van der Waals surface area contributed by atoms with Gasteiger partial charge in [-0.3, -0.25) is 9.38 Å². The Kier molecular flexibility index (Phi) is 2.48. The summed E-state index contributed by atoms with van der Waals surface area (Å²) in [6.45, 7) is 3.91. The van der Waals surface area contributed by atoms with Crippen molar-refractivity contribution in [1.29, 1.82) is 0 Å². The second kappa shape index (κ2) is 4.03. The van der Waals surface area contributed by atoms with Crippen LogP contribution >= 0.6 is 11.6 Å². The molecule has 6 heteroatoms. The molecule has 0 radical (unpaired) electrons. The maximum absolute atomic E-state index is 5.97. The van der Waals surface area contributed by atoms with E-state index in [4.69, 9.17) is 11.6 Å². The first-order valence-corrected chi connectivity index (χ1v) is 5.84. The zero-order valence-electron chi connectivity index (χ0n) is 9.92. The molecule has 0 bridgehead atoms. The van der Waals surface area contributed by atoms with Gasteiger partial charge in [-0.05, 0) is 26.0 Å². The predicted octanol–water partition coefficient (Wildman–Crippen LogP) is 2.46. The Hall–Kier alpha value is -2.01. The normalized spacial score (nSPS) is 11.1. The number of halogens is 1. The number of aryl methyl sites for hydroxylation is 2. The zero-order valence-corrected chi connectivity index (χ0v) is 10.7. The van der Waals surface area contributed by atoms with Crippen LogP contribution in [0.1, 0.15) is 11.4 Å². The van der Waals surface area contributed by atoms with E-state index in [2.05, 4.69) is 20.2 Å². The number of aromatic nitrogens is 5. The molecule has 0 saturated carbocycles. The van der Waals surface area contributed by atoms with Crippen molar-refractivity contribution in [3.8, 4) is 11.4 Å². The Bertz CT molecular complexity index is 734. The van der Waals surface area contributed by atoms with Crippen molar-refractivity contribution >= 4 is 17.2 Å². The molecule has 0 N–H and O–H groups in total. The van der Waals surface area contributed by atoms with E-state index in [0.717, 1.165) is 22.8 Å². The molecule has 0 atom stereocenters. The van der Waals surface area contributed by atoms with Crippen molar-refractivity contribution in [2.45, 2.75) is 13.8 Å². The van der Waals surface area contributed by atoms with Crippen LogP contribution in [-0.2, 0) is 0 Å². The van der Waals surface area contributed by atoms with E-state index in [9.17, 15) is 0 Å². The Labute approximate surface area is 108 Å². The summed E-state index contributed by atoms with van der Waals surface area (Å²) in [5.41, 5.74) is 3.38. The van der Waals surface area contributed by atoms with Crippen LogP contribution in [0.25, 0.3) is 17.0 Å². The first-order valence-electron chi connectivity index (χ1n) is 5.46. The number of fused-ring (bicyclic) bond motifs is 1. The molecule has 18 heavy (non-hydrogen) atoms. The van der Waals surface area contributed by atoms with E-state index >= 15 is 0 Å². The van der Waals surface area contributed by atoms with E-state index in [-0.39, 0.29) is 0 Å². The van der Waals surface area contributed by atoms with Crippen LogP contribution in [0.5, 0.6) is 0 Å². The maximum atomic E-state index is 5.97. The maximum Gasteiger partial charge on any atom is 0.198 e. The van der Waals surface area contributed by atoms with E-state index in [1.165, 1.54) is 0 Å². The third-order valence-electron chi connectivity index (χ3n) is 2.75. The first kappa shape index (κ1) is 11.1. The Morgan fingerprint density at radius 1 is 1.17 bits per heavy atom. The van der Waals surface area contributed by atoms with Crippen LogP contribution in [0.4, 0.5) is 0 Å². The summed E-state index contributed by atoms with van der Waals surface area (Å²) in [6, 6.07) is 3.94. The van der Waals surface area contributed by atoms with Gasteiger partial charge in [0.25, 0.3) is 0 Å². The van der Waals surface area contributed by atoms with Gasteiger partial charge in [-0.25, -0.2) is 4.98 Å². The van der Waals surface area contributed by atoms with Gasteiger partial charge in [0.2, 0.25) is 0 Å². The summed E-state index contributed by atoms with van der Waals surface area (Å²) in [5.74, 6) is 0.722. The summed E-state index contributed by atoms with van der Waals surface area (Å²) in [7, 11) is 0. The number of rotatable bonds is 1. The third kappa shape index (κ3) is 1.64. The zero-order chi connectivity index (χ0) is 12.7. The highest BCUT2D eigenvalue weighted by molar-refractivity contribution is 6.32. The first-order chi connectivity index (χ1) is 8.66. The number of hydrogen-bond acceptors (Lipinski definition) is 4. The van der Waals surface area contributed by atoms with E-state index < -0.39 is 0 Å². The summed E-state index contributed by atoms with van der Waals surface area (Å²) in [4.78, 5) is 8.41. The van der Waals surface area contributed by atoms with E-state index in [0.29, 0.717) is 10.8 Å². The van der Waals surface area contributed by atoms with Crippen LogP contribution < -0.4 is 0 Å². The van der Waals surface area contributed by atoms with Crippen LogP contribution in [0.3, 0.4) is 0 Å². The summed E-state index contributed by atoms with van der Waals surface area (Å²) in [6.07, 6.45) is 3.41. The molecule has 90 valence electrons. The molecule has 3 rings (SSSR count). The Morgan fingerprint density at radius 3 is 2.78 bits per heavy atom. The lowest BCUT2D eigenvalue weighted by molar-refractivity contribution is 1.07. The SMILES string of the molecule is Cc1ccc(-c2nnc3c(Cl)nccn23)c(C)n1. The standard InChI is InChI=1S/C12H10ClN5/c1-7-3-4-9(8(2)15-7)11-16-17-12-10(13)14-5-6-18(11)12/h3-6H,1-2H3. The van der Waals surface area contributed by atoms with Gasteiger partial charge in [-0.1, -0.05) is 11.6 Å². The third-order valence-corrected chi connectivity index (χ3v) is 3.02. The van der Waals surface area contributed by atoms with Crippen molar-refractivity contribution in [3.63, 3.8) is 0 Å². The fourth-order valence-corrected chi connectivity index (χ4v) is 2.09. The topological polar surface area (TPSA) is 56.0 Å². The minimum Gasteiger partial charge on any atom is -0.278 e. The molecule has 0 unspecified atom stereocenters. The Morgan fingerprint density at radius 2 is 2.00 bits per heavy atom. The van der Waals surface area contributed by atoms with Crippen LogP contribution in [0.2, 0.25) is 5.15 Å². The van der Waals surface area contributed by atoms with Crippen molar-refractivity contribution < 1.29 is 0 Å². The largest absolute Gasteiger partial charge is 0.278 e. The molecule has 3 heterocycles. The lowest BCUT2D eigenvalue weighted by Gasteiger charge is -2.04. The van der Waals surface area contributed by atoms with Crippen LogP contribution in [0.15, 0.2) is 24.5 Å². The monoisotopic (exact) mass is 259 g/mol. The van der Waals surface area contributed by atoms with Crippen molar-refractivity contribution in [2.75, 3.05) is 0 Å². The molecular weight excluding hydrogens is 250 g/mol. The van der Waals surface area contributed by atoms with Gasteiger partial charge in [0, 0.05) is 29.3 Å². The van der Waals surface area contributed by atoms with Gasteiger partial charge < -0.3 is 0 Å². The van der Waals surface area contributed by atoms with E-state index in [1.807, 2.05) is 30.4 Å². The molecule has 0 aliphatic heterocycles. The fraction of sp³-hybridized carbons (Fsp3) is 0.167. The molecule has 0 amide bonds. The number of pyridine rings is 1. The summed E-state index contributed by atoms with van der Waals surface area (Å²) in [5, 5.41) is 8.56. The fourth-order valence-electron chi connectivity index (χ4n) is 1.90. The molecule has 0 aliphatic rings. The average molecular weight is 260 g/mol. The van der Waals surface area contributed by atoms with Crippen LogP contribution in [0, 0.1) is 13.8 Å². The Balaban J connectivity index is 2.29. The molecule has 3 aromatic rings. The minimum absolute atomic E-state index is 0.342. The highest BCUT2D eigenvalue weighted by atomic mass is 35.5. The smallest absolute Gasteiger partial charge is 0.198 e. The van der Waals surface area contributed by atoms with Crippen LogP contribution in [-0.4, -0.2) is 24.6 Å². The lowest BCUT2D eigenvalue weighted by Crippen LogP contribution is -1.95. The molecule has 0 fully saturated rings. The average Bonchev–Trinajstić information content (AvgIpc) is 2.74. The molecular formula is C12H10ClN5. The minimum atomic E-state index is 0.342. The van der Waals surface area contributed by atoms with Crippen molar-refractivity contribution in [2.24, 2.45) is 0 Å². The quantitative estimate of drug-likeness (QED) is 0.674. The van der Waals surface area contributed by atoms with Crippen molar-refractivity contribution in [3.05, 3.63) is 41.1 Å². The molecule has 0 aromatic carbocycles.